The fourth-order valence-corrected chi connectivity index (χ4v) is 3.14. The standard InChI is InChI=1S/C18H21FN2O2/c1-3-15-5-4-10-21(15)17(22)11-16-12(2)23-18(20-16)13-6-8-14(19)9-7-13/h6-9,15H,3-5,10-11H2,1-2H3. The van der Waals surface area contributed by atoms with Crippen LogP contribution in [-0.2, 0) is 11.2 Å². The van der Waals surface area contributed by atoms with Gasteiger partial charge in [0.15, 0.2) is 0 Å². The minimum Gasteiger partial charge on any atom is -0.441 e. The average Bonchev–Trinajstić information content (AvgIpc) is 3.15. The van der Waals surface area contributed by atoms with Gasteiger partial charge in [-0.1, -0.05) is 6.92 Å². The summed E-state index contributed by atoms with van der Waals surface area (Å²) in [6.45, 7) is 4.76. The summed E-state index contributed by atoms with van der Waals surface area (Å²) in [4.78, 5) is 18.9. The van der Waals surface area contributed by atoms with Crippen LogP contribution in [0, 0.1) is 12.7 Å². The molecular formula is C18H21FN2O2. The third kappa shape index (κ3) is 3.28. The van der Waals surface area contributed by atoms with E-state index < -0.39 is 0 Å². The maximum atomic E-state index is 13.0. The molecule has 23 heavy (non-hydrogen) atoms. The van der Waals surface area contributed by atoms with Gasteiger partial charge in [0.05, 0.1) is 12.1 Å². The summed E-state index contributed by atoms with van der Waals surface area (Å²) >= 11 is 0. The van der Waals surface area contributed by atoms with Gasteiger partial charge in [0, 0.05) is 18.2 Å². The predicted octanol–water partition coefficient (Wildman–Crippen LogP) is 3.73. The van der Waals surface area contributed by atoms with Crippen LogP contribution in [0.2, 0.25) is 0 Å². The molecule has 3 rings (SSSR count). The summed E-state index contributed by atoms with van der Waals surface area (Å²) in [5, 5.41) is 0. The maximum Gasteiger partial charge on any atom is 0.228 e. The van der Waals surface area contributed by atoms with Crippen molar-refractivity contribution in [1.82, 2.24) is 9.88 Å². The first kappa shape index (κ1) is 15.7. The number of hydrogen-bond donors (Lipinski definition) is 0. The fourth-order valence-electron chi connectivity index (χ4n) is 3.14. The molecule has 4 nitrogen and oxygen atoms in total. The van der Waals surface area contributed by atoms with E-state index in [0.29, 0.717) is 29.0 Å². The number of rotatable bonds is 4. The number of nitrogens with zero attached hydrogens (tertiary/aromatic N) is 2. The molecule has 1 aliphatic heterocycles. The van der Waals surface area contributed by atoms with E-state index in [1.54, 1.807) is 12.1 Å². The van der Waals surface area contributed by atoms with Gasteiger partial charge in [0.1, 0.15) is 11.6 Å². The molecule has 0 N–H and O–H groups in total. The molecule has 0 aliphatic carbocycles. The lowest BCUT2D eigenvalue weighted by Crippen LogP contribution is -2.36. The van der Waals surface area contributed by atoms with Crippen molar-refractivity contribution in [2.45, 2.75) is 45.6 Å². The second-order valence-corrected chi connectivity index (χ2v) is 6.00. The molecule has 0 radical (unpaired) electrons. The monoisotopic (exact) mass is 316 g/mol. The number of carbonyl (C=O) groups excluding carboxylic acids is 1. The molecule has 1 aromatic heterocycles. The molecule has 2 aromatic rings. The number of aryl methyl sites for hydroxylation is 1. The van der Waals surface area contributed by atoms with Crippen molar-refractivity contribution in [2.24, 2.45) is 0 Å². The van der Waals surface area contributed by atoms with Crippen LogP contribution in [0.1, 0.15) is 37.6 Å². The molecular weight excluding hydrogens is 295 g/mol. The van der Waals surface area contributed by atoms with Crippen molar-refractivity contribution in [1.29, 1.82) is 0 Å². The first-order chi connectivity index (χ1) is 11.1. The van der Waals surface area contributed by atoms with Crippen LogP contribution in [-0.4, -0.2) is 28.4 Å². The Bertz CT molecular complexity index is 694. The maximum absolute atomic E-state index is 13.0. The number of oxazole rings is 1. The molecule has 0 bridgehead atoms. The van der Waals surface area contributed by atoms with E-state index in [9.17, 15) is 9.18 Å². The molecule has 1 unspecified atom stereocenters. The second-order valence-electron chi connectivity index (χ2n) is 6.00. The highest BCUT2D eigenvalue weighted by Gasteiger charge is 2.28. The SMILES string of the molecule is CCC1CCCN1C(=O)Cc1nc(-c2ccc(F)cc2)oc1C. The van der Waals surface area contributed by atoms with E-state index >= 15 is 0 Å². The summed E-state index contributed by atoms with van der Waals surface area (Å²) in [6.07, 6.45) is 3.40. The number of amides is 1. The summed E-state index contributed by atoms with van der Waals surface area (Å²) in [5.41, 5.74) is 1.37. The first-order valence-corrected chi connectivity index (χ1v) is 8.10. The lowest BCUT2D eigenvalue weighted by molar-refractivity contribution is -0.131. The average molecular weight is 316 g/mol. The highest BCUT2D eigenvalue weighted by molar-refractivity contribution is 5.79. The summed E-state index contributed by atoms with van der Waals surface area (Å²) in [5.74, 6) is 0.882. The Morgan fingerprint density at radius 3 is 2.83 bits per heavy atom. The summed E-state index contributed by atoms with van der Waals surface area (Å²) < 4.78 is 18.7. The number of aromatic nitrogens is 1. The Labute approximate surface area is 135 Å². The normalized spacial score (nSPS) is 17.7. The second kappa shape index (κ2) is 6.52. The molecule has 1 aromatic carbocycles. The van der Waals surface area contributed by atoms with Gasteiger partial charge in [-0.3, -0.25) is 4.79 Å². The van der Waals surface area contributed by atoms with Crippen LogP contribution >= 0.6 is 0 Å². The third-order valence-electron chi connectivity index (χ3n) is 4.47. The number of carbonyl (C=O) groups is 1. The van der Waals surface area contributed by atoms with E-state index in [4.69, 9.17) is 4.42 Å². The van der Waals surface area contributed by atoms with Crippen molar-refractivity contribution in [3.05, 3.63) is 41.5 Å². The zero-order chi connectivity index (χ0) is 16.4. The fraction of sp³-hybridized carbons (Fsp3) is 0.444. The van der Waals surface area contributed by atoms with Crippen molar-refractivity contribution in [3.63, 3.8) is 0 Å². The lowest BCUT2D eigenvalue weighted by Gasteiger charge is -2.23. The van der Waals surface area contributed by atoms with Gasteiger partial charge in [0.25, 0.3) is 0 Å². The smallest absolute Gasteiger partial charge is 0.228 e. The minimum absolute atomic E-state index is 0.108. The number of hydrogen-bond acceptors (Lipinski definition) is 3. The number of benzene rings is 1. The van der Waals surface area contributed by atoms with Crippen molar-refractivity contribution < 1.29 is 13.6 Å². The van der Waals surface area contributed by atoms with E-state index in [1.807, 2.05) is 11.8 Å². The predicted molar refractivity (Wildman–Crippen MR) is 85.4 cm³/mol. The Hall–Kier alpha value is -2.17. The van der Waals surface area contributed by atoms with Crippen LogP contribution < -0.4 is 0 Å². The quantitative estimate of drug-likeness (QED) is 0.863. The number of halogens is 1. The molecule has 1 fully saturated rings. The van der Waals surface area contributed by atoms with Crippen LogP contribution in [0.3, 0.4) is 0 Å². The van der Waals surface area contributed by atoms with E-state index in [0.717, 1.165) is 25.8 Å². The Kier molecular flexibility index (Phi) is 4.46. The van der Waals surface area contributed by atoms with E-state index in [-0.39, 0.29) is 18.1 Å². The largest absolute Gasteiger partial charge is 0.441 e. The molecule has 1 aliphatic rings. The van der Waals surface area contributed by atoms with Gasteiger partial charge in [-0.25, -0.2) is 9.37 Å². The van der Waals surface area contributed by atoms with Gasteiger partial charge < -0.3 is 9.32 Å². The molecule has 122 valence electrons. The Morgan fingerprint density at radius 2 is 2.13 bits per heavy atom. The lowest BCUT2D eigenvalue weighted by atomic mass is 10.1. The molecule has 5 heteroatoms. The Balaban J connectivity index is 1.76. The van der Waals surface area contributed by atoms with Crippen LogP contribution in [0.5, 0.6) is 0 Å². The van der Waals surface area contributed by atoms with Crippen molar-refractivity contribution in [3.8, 4) is 11.5 Å². The van der Waals surface area contributed by atoms with E-state index in [1.165, 1.54) is 12.1 Å². The molecule has 0 spiro atoms. The molecule has 1 amide bonds. The minimum atomic E-state index is -0.299. The van der Waals surface area contributed by atoms with Crippen molar-refractivity contribution >= 4 is 5.91 Å². The first-order valence-electron chi connectivity index (χ1n) is 8.10. The van der Waals surface area contributed by atoms with E-state index in [2.05, 4.69) is 11.9 Å². The van der Waals surface area contributed by atoms with Crippen LogP contribution in [0.4, 0.5) is 4.39 Å². The Morgan fingerprint density at radius 1 is 1.39 bits per heavy atom. The zero-order valence-corrected chi connectivity index (χ0v) is 13.5. The summed E-state index contributed by atoms with van der Waals surface area (Å²) in [6, 6.07) is 6.34. The third-order valence-corrected chi connectivity index (χ3v) is 4.47. The van der Waals surface area contributed by atoms with Crippen LogP contribution in [0.15, 0.2) is 28.7 Å². The topological polar surface area (TPSA) is 46.3 Å². The molecule has 2 heterocycles. The van der Waals surface area contributed by atoms with Gasteiger partial charge in [-0.05, 0) is 50.5 Å². The summed E-state index contributed by atoms with van der Waals surface area (Å²) in [7, 11) is 0. The highest BCUT2D eigenvalue weighted by atomic mass is 19.1. The van der Waals surface area contributed by atoms with Gasteiger partial charge in [0.2, 0.25) is 11.8 Å². The van der Waals surface area contributed by atoms with Gasteiger partial charge in [-0.15, -0.1) is 0 Å². The molecule has 1 saturated heterocycles. The van der Waals surface area contributed by atoms with Crippen LogP contribution in [0.25, 0.3) is 11.5 Å². The van der Waals surface area contributed by atoms with Gasteiger partial charge in [-0.2, -0.15) is 0 Å². The van der Waals surface area contributed by atoms with Crippen molar-refractivity contribution in [2.75, 3.05) is 6.54 Å². The number of likely N-dealkylation sites (tertiary alicyclic amines) is 1. The zero-order valence-electron chi connectivity index (χ0n) is 13.5. The highest BCUT2D eigenvalue weighted by Crippen LogP contribution is 2.24. The molecule has 1 atom stereocenters. The van der Waals surface area contributed by atoms with Gasteiger partial charge >= 0.3 is 0 Å². The molecule has 0 saturated carbocycles.